The van der Waals surface area contributed by atoms with Crippen LogP contribution in [0.3, 0.4) is 0 Å². The minimum Gasteiger partial charge on any atom is -0.171 e. The summed E-state index contributed by atoms with van der Waals surface area (Å²) in [6.07, 6.45) is 0. The average molecular weight is 106 g/mol. The van der Waals surface area contributed by atoms with Crippen LogP contribution in [0.2, 0.25) is 0 Å². The first kappa shape index (κ1) is 5.63. The van der Waals surface area contributed by atoms with E-state index < -0.39 is 0 Å². The van der Waals surface area contributed by atoms with Crippen molar-refractivity contribution in [3.05, 3.63) is 0 Å². The van der Waals surface area contributed by atoms with E-state index >= 15 is 0 Å². The molecule has 0 aromatic heterocycles. The zero-order valence-corrected chi connectivity index (χ0v) is 5.16. The molecule has 30 valence electrons. The molecule has 0 aromatic carbocycles. The molecule has 5 heavy (non-hydrogen) atoms. The summed E-state index contributed by atoms with van der Waals surface area (Å²) in [5, 5.41) is 0. The summed E-state index contributed by atoms with van der Waals surface area (Å²) < 4.78 is 0. The van der Waals surface area contributed by atoms with Gasteiger partial charge in [-0.05, 0) is 5.75 Å². The van der Waals surface area contributed by atoms with Crippen molar-refractivity contribution in [2.75, 3.05) is 5.75 Å². The molecule has 0 aliphatic heterocycles. The quantitative estimate of drug-likeness (QED) is 0.411. The second-order valence-corrected chi connectivity index (χ2v) is 4.29. The first-order valence-corrected chi connectivity index (χ1v) is 4.30. The van der Waals surface area contributed by atoms with E-state index in [1.807, 2.05) is 0 Å². The predicted octanol–water partition coefficient (Wildman–Crippen LogP) is -0.365. The Morgan fingerprint density at radius 1 is 2.00 bits per heavy atom. The highest BCUT2D eigenvalue weighted by atomic mass is 32.8. The Hall–Kier alpha value is 0.635. The average Bonchev–Trinajstić information content (AvgIpc) is 1.38. The van der Waals surface area contributed by atoms with Crippen LogP contribution in [0, 0.1) is 0 Å². The fourth-order valence-corrected chi connectivity index (χ4v) is 0. The summed E-state index contributed by atoms with van der Waals surface area (Å²) in [5.74, 6) is 1.15. The molecular formula is C2H7BS2. The van der Waals surface area contributed by atoms with Gasteiger partial charge in [-0.3, -0.25) is 0 Å². The lowest BCUT2D eigenvalue weighted by molar-refractivity contribution is 1.54. The van der Waals surface area contributed by atoms with E-state index in [4.69, 9.17) is 11.2 Å². The minimum atomic E-state index is 0.261. The van der Waals surface area contributed by atoms with Crippen molar-refractivity contribution >= 4 is 27.6 Å². The fourth-order valence-electron chi connectivity index (χ4n) is 0. The first-order chi connectivity index (χ1) is 2.27. The van der Waals surface area contributed by atoms with Crippen molar-refractivity contribution < 1.29 is 0 Å². The van der Waals surface area contributed by atoms with Crippen molar-refractivity contribution in [1.29, 1.82) is 0 Å². The van der Waals surface area contributed by atoms with E-state index in [2.05, 4.69) is 14.0 Å². The Morgan fingerprint density at radius 3 is 2.20 bits per heavy atom. The van der Waals surface area contributed by atoms with Crippen LogP contribution < -0.4 is 0 Å². The highest BCUT2D eigenvalue weighted by Gasteiger charge is 1.68. The highest BCUT2D eigenvalue weighted by Crippen LogP contribution is 1.64. The summed E-state index contributed by atoms with van der Waals surface area (Å²) in [6.45, 7) is 2.11. The van der Waals surface area contributed by atoms with Crippen LogP contribution in [0.15, 0.2) is 0 Å². The SMILES string of the molecule is BS(=S)CC. The Balaban J connectivity index is 2.85. The maximum Gasteiger partial charge on any atom is 0.181 e. The molecule has 3 heteroatoms. The number of rotatable bonds is 1. The van der Waals surface area contributed by atoms with Gasteiger partial charge in [-0.1, -0.05) is 18.1 Å². The van der Waals surface area contributed by atoms with Gasteiger partial charge in [0.15, 0.2) is 7.12 Å². The first-order valence-electron chi connectivity index (χ1n) is 1.57. The molecule has 0 radical (unpaired) electrons. The Kier molecular flexibility index (Phi) is 3.21. The molecular weight excluding hydrogens is 99.0 g/mol. The third-order valence-corrected chi connectivity index (χ3v) is 1.93. The molecule has 0 nitrogen and oxygen atoms in total. The topological polar surface area (TPSA) is 0 Å². The van der Waals surface area contributed by atoms with E-state index in [1.54, 1.807) is 0 Å². The summed E-state index contributed by atoms with van der Waals surface area (Å²) >= 11 is 4.81. The Labute approximate surface area is 40.9 Å². The van der Waals surface area contributed by atoms with Crippen molar-refractivity contribution in [2.45, 2.75) is 6.92 Å². The van der Waals surface area contributed by atoms with Crippen LogP contribution in [0.5, 0.6) is 0 Å². The molecule has 0 heterocycles. The van der Waals surface area contributed by atoms with Crippen LogP contribution in [-0.4, -0.2) is 12.9 Å². The van der Waals surface area contributed by atoms with E-state index in [9.17, 15) is 0 Å². The lowest BCUT2D eigenvalue weighted by atomic mass is 10.8. The zero-order chi connectivity index (χ0) is 4.28. The van der Waals surface area contributed by atoms with Gasteiger partial charge < -0.3 is 0 Å². The molecule has 1 unspecified atom stereocenters. The van der Waals surface area contributed by atoms with Crippen molar-refractivity contribution in [1.82, 2.24) is 0 Å². The molecule has 0 bridgehead atoms. The van der Waals surface area contributed by atoms with Gasteiger partial charge in [0, 0.05) is 0 Å². The van der Waals surface area contributed by atoms with Gasteiger partial charge in [0.25, 0.3) is 0 Å². The predicted molar refractivity (Wildman–Crippen MR) is 33.8 cm³/mol. The van der Waals surface area contributed by atoms with Gasteiger partial charge in [-0.2, -0.15) is 9.31 Å². The van der Waals surface area contributed by atoms with Gasteiger partial charge in [0.05, 0.1) is 0 Å². The van der Waals surface area contributed by atoms with E-state index in [0.29, 0.717) is 0 Å². The largest absolute Gasteiger partial charge is 0.181 e. The molecule has 0 aromatic rings. The smallest absolute Gasteiger partial charge is 0.171 e. The molecule has 0 rings (SSSR count). The number of hydrogen-bond donors (Lipinski definition) is 0. The highest BCUT2D eigenvalue weighted by molar-refractivity contribution is 8.41. The zero-order valence-electron chi connectivity index (χ0n) is 3.52. The van der Waals surface area contributed by atoms with Gasteiger partial charge in [-0.15, -0.1) is 0 Å². The Morgan fingerprint density at radius 2 is 2.20 bits per heavy atom. The Bertz CT molecular complexity index is 42.9. The van der Waals surface area contributed by atoms with Crippen LogP contribution in [-0.2, 0) is 20.5 Å². The van der Waals surface area contributed by atoms with Crippen LogP contribution in [0.4, 0.5) is 0 Å². The van der Waals surface area contributed by atoms with Gasteiger partial charge in [0.2, 0.25) is 0 Å². The lowest BCUT2D eigenvalue weighted by Gasteiger charge is -1.79. The van der Waals surface area contributed by atoms with Crippen LogP contribution >= 0.6 is 0 Å². The van der Waals surface area contributed by atoms with Crippen LogP contribution in [0.1, 0.15) is 6.92 Å². The van der Waals surface area contributed by atoms with E-state index in [-0.39, 0.29) is 9.31 Å². The molecule has 0 fully saturated rings. The molecule has 0 spiro atoms. The maximum atomic E-state index is 4.81. The molecule has 0 N–H and O–H groups in total. The molecule has 1 atom stereocenters. The monoisotopic (exact) mass is 106 g/mol. The summed E-state index contributed by atoms with van der Waals surface area (Å²) in [5.41, 5.74) is 0. The van der Waals surface area contributed by atoms with Gasteiger partial charge in [-0.25, -0.2) is 0 Å². The maximum absolute atomic E-state index is 4.81. The van der Waals surface area contributed by atoms with E-state index in [0.717, 1.165) is 5.75 Å². The van der Waals surface area contributed by atoms with E-state index in [1.165, 1.54) is 0 Å². The third kappa shape index (κ3) is 4.63. The second-order valence-electron chi connectivity index (χ2n) is 0.862. The second kappa shape index (κ2) is 2.85. The molecule has 0 amide bonds. The molecule has 0 aliphatic rings. The number of hydrogen-bond acceptors (Lipinski definition) is 1. The van der Waals surface area contributed by atoms with Gasteiger partial charge >= 0.3 is 0 Å². The minimum absolute atomic E-state index is 0.261. The van der Waals surface area contributed by atoms with Crippen molar-refractivity contribution in [3.8, 4) is 0 Å². The summed E-state index contributed by atoms with van der Waals surface area (Å²) in [4.78, 5) is 0. The molecule has 0 saturated heterocycles. The standard InChI is InChI=1S/C2H7BS2/c1-2-5(3)4/h2-3H2,1H3. The molecule has 0 aliphatic carbocycles. The molecule has 0 saturated carbocycles. The third-order valence-electron chi connectivity index (χ3n) is 0.407. The van der Waals surface area contributed by atoms with Crippen LogP contribution in [0.25, 0.3) is 0 Å². The lowest BCUT2D eigenvalue weighted by Crippen LogP contribution is -1.84. The summed E-state index contributed by atoms with van der Waals surface area (Å²) in [6, 6.07) is 0. The summed E-state index contributed by atoms with van der Waals surface area (Å²) in [7, 11) is 2.33. The van der Waals surface area contributed by atoms with Crippen molar-refractivity contribution in [2.24, 2.45) is 0 Å². The fraction of sp³-hybridized carbons (Fsp3) is 1.00. The van der Waals surface area contributed by atoms with Gasteiger partial charge in [0.1, 0.15) is 0 Å². The van der Waals surface area contributed by atoms with Crippen molar-refractivity contribution in [3.63, 3.8) is 0 Å². The normalized spacial score (nSPS) is 14.6.